The Morgan fingerprint density at radius 3 is 2.60 bits per heavy atom. The van der Waals surface area contributed by atoms with Gasteiger partial charge in [0.15, 0.2) is 16.6 Å². The summed E-state index contributed by atoms with van der Waals surface area (Å²) in [6.07, 6.45) is 6.70. The summed E-state index contributed by atoms with van der Waals surface area (Å²) in [7, 11) is 0. The van der Waals surface area contributed by atoms with Crippen molar-refractivity contribution in [3.63, 3.8) is 0 Å². The number of para-hydroxylation sites is 1. The number of nitrogens with one attached hydrogen (secondary N) is 1. The van der Waals surface area contributed by atoms with E-state index in [9.17, 15) is 10.1 Å². The molecule has 0 unspecified atom stereocenters. The van der Waals surface area contributed by atoms with Crippen molar-refractivity contribution >= 4 is 17.4 Å². The fourth-order valence-electron chi connectivity index (χ4n) is 4.07. The zero-order chi connectivity index (χ0) is 24.4. The second-order valence-electron chi connectivity index (χ2n) is 7.85. The van der Waals surface area contributed by atoms with E-state index < -0.39 is 0 Å². The lowest BCUT2D eigenvalue weighted by molar-refractivity contribution is 0.855. The molecule has 0 bridgehead atoms. The van der Waals surface area contributed by atoms with Crippen LogP contribution < -0.4 is 5.56 Å². The van der Waals surface area contributed by atoms with Crippen LogP contribution >= 0.6 is 11.8 Å². The van der Waals surface area contributed by atoms with Crippen LogP contribution in [-0.4, -0.2) is 34.3 Å². The fraction of sp³-hybridized carbons (Fsp3) is 0.200. The molecule has 1 N–H and O–H groups in total. The van der Waals surface area contributed by atoms with Crippen molar-refractivity contribution in [2.75, 3.05) is 0 Å². The minimum atomic E-state index is -0.269. The first-order chi connectivity index (χ1) is 17.1. The lowest BCUT2D eigenvalue weighted by Crippen LogP contribution is -2.15. The van der Waals surface area contributed by atoms with E-state index in [0.717, 1.165) is 24.1 Å². The van der Waals surface area contributed by atoms with Crippen LogP contribution in [0.1, 0.15) is 36.2 Å². The summed E-state index contributed by atoms with van der Waals surface area (Å²) >= 11 is 1.45. The van der Waals surface area contributed by atoms with Gasteiger partial charge in [-0.3, -0.25) is 19.4 Å². The van der Waals surface area contributed by atoms with Crippen molar-refractivity contribution < 1.29 is 0 Å². The van der Waals surface area contributed by atoms with E-state index in [0.29, 0.717) is 33.6 Å². The minimum Gasteiger partial charge on any atom is -0.295 e. The van der Waals surface area contributed by atoms with Crippen molar-refractivity contribution in [3.05, 3.63) is 87.7 Å². The van der Waals surface area contributed by atoms with Crippen LogP contribution in [0.4, 0.5) is 0 Å². The van der Waals surface area contributed by atoms with Crippen molar-refractivity contribution in [1.82, 2.24) is 34.3 Å². The Hall–Kier alpha value is -4.23. The number of thioether (sulfide) groups is 1. The monoisotopic (exact) mass is 482 g/mol. The van der Waals surface area contributed by atoms with Gasteiger partial charge < -0.3 is 0 Å². The Morgan fingerprint density at radius 2 is 1.91 bits per heavy atom. The molecule has 5 rings (SSSR count). The zero-order valence-electron chi connectivity index (χ0n) is 19.3. The summed E-state index contributed by atoms with van der Waals surface area (Å²) in [5.41, 5.74) is 5.26. The van der Waals surface area contributed by atoms with E-state index in [2.05, 4.69) is 67.9 Å². The molecule has 4 aromatic heterocycles. The number of pyridine rings is 1. The van der Waals surface area contributed by atoms with Crippen molar-refractivity contribution in [1.29, 1.82) is 5.26 Å². The summed E-state index contributed by atoms with van der Waals surface area (Å²) < 4.78 is 3.35. The lowest BCUT2D eigenvalue weighted by atomic mass is 10.0. The second kappa shape index (κ2) is 9.56. The van der Waals surface area contributed by atoms with E-state index in [1.807, 2.05) is 12.1 Å². The molecule has 0 saturated heterocycles. The molecule has 0 radical (unpaired) electrons. The van der Waals surface area contributed by atoms with Crippen molar-refractivity contribution in [3.8, 4) is 23.1 Å². The lowest BCUT2D eigenvalue weighted by Gasteiger charge is -2.17. The van der Waals surface area contributed by atoms with E-state index in [4.69, 9.17) is 0 Å². The van der Waals surface area contributed by atoms with Gasteiger partial charge in [0.25, 0.3) is 5.56 Å². The summed E-state index contributed by atoms with van der Waals surface area (Å²) in [4.78, 5) is 21.3. The van der Waals surface area contributed by atoms with Crippen LogP contribution in [0.2, 0.25) is 0 Å². The molecule has 0 saturated carbocycles. The van der Waals surface area contributed by atoms with Gasteiger partial charge in [0.05, 0.1) is 11.4 Å². The quantitative estimate of drug-likeness (QED) is 0.349. The number of hydrogen-bond acceptors (Lipinski definition) is 7. The van der Waals surface area contributed by atoms with Crippen LogP contribution in [0.15, 0.2) is 64.9 Å². The molecule has 174 valence electrons. The van der Waals surface area contributed by atoms with Gasteiger partial charge in [-0.1, -0.05) is 43.8 Å². The van der Waals surface area contributed by atoms with Crippen LogP contribution in [0.5, 0.6) is 0 Å². The normalized spacial score (nSPS) is 11.1. The summed E-state index contributed by atoms with van der Waals surface area (Å²) in [5, 5.41) is 21.8. The summed E-state index contributed by atoms with van der Waals surface area (Å²) in [6, 6.07) is 13.7. The van der Waals surface area contributed by atoms with Gasteiger partial charge in [-0.15, -0.1) is 10.2 Å². The summed E-state index contributed by atoms with van der Waals surface area (Å²) in [6.45, 7) is 4.27. The van der Waals surface area contributed by atoms with Gasteiger partial charge in [0, 0.05) is 36.0 Å². The Balaban J connectivity index is 1.61. The maximum atomic E-state index is 12.5. The minimum absolute atomic E-state index is 0.269. The first-order valence-electron chi connectivity index (χ1n) is 11.2. The smallest absolute Gasteiger partial charge is 0.272 e. The van der Waals surface area contributed by atoms with Gasteiger partial charge in [0.1, 0.15) is 11.6 Å². The third kappa shape index (κ3) is 4.11. The number of hydrogen-bond donors (Lipinski definition) is 1. The van der Waals surface area contributed by atoms with Gasteiger partial charge >= 0.3 is 0 Å². The Bertz CT molecular complexity index is 1590. The predicted molar refractivity (Wildman–Crippen MR) is 133 cm³/mol. The average molecular weight is 483 g/mol. The molecule has 5 aromatic rings. The Labute approximate surface area is 205 Å². The number of benzene rings is 1. The molecule has 0 amide bonds. The highest BCUT2D eigenvalue weighted by Crippen LogP contribution is 2.33. The number of aromatic nitrogens is 7. The average Bonchev–Trinajstić information content (AvgIpc) is 3.51. The molecule has 35 heavy (non-hydrogen) atoms. The molecular weight excluding hydrogens is 460 g/mol. The molecule has 0 fully saturated rings. The number of H-pyrrole nitrogens is 1. The van der Waals surface area contributed by atoms with Crippen LogP contribution in [0.3, 0.4) is 0 Å². The number of aromatic amines is 1. The fourth-order valence-corrected chi connectivity index (χ4v) is 4.90. The van der Waals surface area contributed by atoms with E-state index in [1.54, 1.807) is 12.4 Å². The van der Waals surface area contributed by atoms with Crippen LogP contribution in [-0.2, 0) is 18.6 Å². The van der Waals surface area contributed by atoms with Crippen molar-refractivity contribution in [2.45, 2.75) is 37.6 Å². The van der Waals surface area contributed by atoms with E-state index in [1.165, 1.54) is 39.7 Å². The van der Waals surface area contributed by atoms with Gasteiger partial charge in [-0.05, 0) is 36.1 Å². The molecule has 1 aromatic carbocycles. The molecule has 0 aliphatic heterocycles. The van der Waals surface area contributed by atoms with Crippen LogP contribution in [0, 0.1) is 11.3 Å². The third-order valence-corrected chi connectivity index (χ3v) is 6.72. The molecule has 0 aliphatic carbocycles. The topological polar surface area (TPSA) is 118 Å². The highest BCUT2D eigenvalue weighted by Gasteiger charge is 2.21. The first-order valence-corrected chi connectivity index (χ1v) is 12.2. The molecule has 10 heteroatoms. The second-order valence-corrected chi connectivity index (χ2v) is 8.79. The highest BCUT2D eigenvalue weighted by molar-refractivity contribution is 7.98. The zero-order valence-corrected chi connectivity index (χ0v) is 20.1. The predicted octanol–water partition coefficient (Wildman–Crippen LogP) is 3.95. The van der Waals surface area contributed by atoms with Gasteiger partial charge in [0.2, 0.25) is 0 Å². The number of nitrogens with zero attached hydrogens (tertiary/aromatic N) is 7. The maximum absolute atomic E-state index is 12.5. The van der Waals surface area contributed by atoms with E-state index in [-0.39, 0.29) is 5.56 Å². The Morgan fingerprint density at radius 1 is 1.11 bits per heavy atom. The molecule has 0 atom stereocenters. The largest absolute Gasteiger partial charge is 0.295 e. The summed E-state index contributed by atoms with van der Waals surface area (Å²) in [5.74, 6) is 1.10. The number of nitriles is 1. The first kappa shape index (κ1) is 22.6. The number of fused-ring (bicyclic) bond motifs is 1. The standard InChI is InChI=1S/C25H22N8OS/c1-3-16-7-5-8-17(4-2)22(16)32-24(18-9-6-10-27-13-18)30-31-25(32)35-15-20-11-21(34)33-23(29-20)19(12-26)14-28-33/h5-11,13-14,28H,3-4,15H2,1-2H3. The molecule has 0 spiro atoms. The number of aryl methyl sites for hydroxylation is 2. The van der Waals surface area contributed by atoms with Gasteiger partial charge in [-0.2, -0.15) is 5.26 Å². The third-order valence-electron chi connectivity index (χ3n) is 5.76. The van der Waals surface area contributed by atoms with Gasteiger partial charge in [-0.25, -0.2) is 9.50 Å². The van der Waals surface area contributed by atoms with Crippen molar-refractivity contribution in [2.24, 2.45) is 0 Å². The SMILES string of the molecule is CCc1cccc(CC)c1-n1c(SCc2cc(=O)n3[nH]cc(C#N)c3n2)nnc1-c1cccnc1. The number of rotatable bonds is 7. The molecule has 0 aliphatic rings. The van der Waals surface area contributed by atoms with E-state index >= 15 is 0 Å². The molecule has 4 heterocycles. The van der Waals surface area contributed by atoms with Crippen LogP contribution in [0.25, 0.3) is 22.7 Å². The highest BCUT2D eigenvalue weighted by atomic mass is 32.2. The molecular formula is C25H22N8OS. The Kier molecular flexibility index (Phi) is 6.16. The molecule has 9 nitrogen and oxygen atoms in total. The maximum Gasteiger partial charge on any atom is 0.272 e.